The molecule has 0 spiro atoms. The zero-order valence-corrected chi connectivity index (χ0v) is 11.5. The zero-order chi connectivity index (χ0) is 11.8. The van der Waals surface area contributed by atoms with E-state index in [9.17, 15) is 0 Å². The first-order valence-corrected chi connectivity index (χ1v) is 6.90. The van der Waals surface area contributed by atoms with Gasteiger partial charge in [0, 0.05) is 21.5 Å². The maximum absolute atomic E-state index is 4.48. The Kier molecular flexibility index (Phi) is 2.76. The van der Waals surface area contributed by atoms with Crippen molar-refractivity contribution in [3.8, 4) is 11.4 Å². The fourth-order valence-corrected chi connectivity index (χ4v) is 2.60. The van der Waals surface area contributed by atoms with Crippen LogP contribution in [0.25, 0.3) is 11.4 Å². The summed E-state index contributed by atoms with van der Waals surface area (Å²) in [5, 5.41) is 13.7. The summed E-state index contributed by atoms with van der Waals surface area (Å²) in [6.07, 6.45) is 0. The molecule has 0 saturated heterocycles. The Labute approximate surface area is 111 Å². The highest BCUT2D eigenvalue weighted by atomic mass is 79.9. The number of benzene rings is 1. The summed E-state index contributed by atoms with van der Waals surface area (Å²) >= 11 is 5.08. The lowest BCUT2D eigenvalue weighted by Crippen LogP contribution is -2.08. The molecule has 2 aromatic rings. The summed E-state index contributed by atoms with van der Waals surface area (Å²) in [5.41, 5.74) is 2.10. The van der Waals surface area contributed by atoms with Crippen LogP contribution in [0.1, 0.15) is 6.92 Å². The van der Waals surface area contributed by atoms with Crippen molar-refractivity contribution < 1.29 is 0 Å². The van der Waals surface area contributed by atoms with E-state index in [1.807, 2.05) is 35.9 Å². The van der Waals surface area contributed by atoms with E-state index in [1.165, 1.54) is 0 Å². The lowest BCUT2D eigenvalue weighted by atomic mass is 10.2. The van der Waals surface area contributed by atoms with Crippen LogP contribution in [0.2, 0.25) is 0 Å². The monoisotopic (exact) mass is 308 g/mol. The average Bonchev–Trinajstić information content (AvgIpc) is 2.73. The molecule has 0 fully saturated rings. The molecule has 6 heteroatoms. The summed E-state index contributed by atoms with van der Waals surface area (Å²) < 4.78 is 2.86. The van der Waals surface area contributed by atoms with Crippen LogP contribution in [0.5, 0.6) is 0 Å². The van der Waals surface area contributed by atoms with Gasteiger partial charge in [-0.25, -0.2) is 0 Å². The van der Waals surface area contributed by atoms with Crippen LogP contribution in [0.4, 0.5) is 0 Å². The van der Waals surface area contributed by atoms with Crippen LogP contribution >= 0.6 is 27.7 Å². The molecule has 0 unspecified atom stereocenters. The number of rotatable bonds is 1. The molecule has 0 bridgehead atoms. The third kappa shape index (κ3) is 2.02. The van der Waals surface area contributed by atoms with Gasteiger partial charge in [0.05, 0.1) is 0 Å². The molecule has 1 aliphatic heterocycles. The fraction of sp³-hybridized carbons (Fsp3) is 0.182. The van der Waals surface area contributed by atoms with Crippen molar-refractivity contribution in [1.82, 2.24) is 14.9 Å². The molecule has 17 heavy (non-hydrogen) atoms. The summed E-state index contributed by atoms with van der Waals surface area (Å²) in [5.74, 6) is 1.68. The van der Waals surface area contributed by atoms with E-state index in [0.717, 1.165) is 32.5 Å². The van der Waals surface area contributed by atoms with Crippen molar-refractivity contribution in [2.24, 2.45) is 5.10 Å². The highest BCUT2D eigenvalue weighted by Gasteiger charge is 2.17. The van der Waals surface area contributed by atoms with Gasteiger partial charge in [-0.1, -0.05) is 39.8 Å². The van der Waals surface area contributed by atoms with Crippen molar-refractivity contribution in [2.45, 2.75) is 12.1 Å². The second kappa shape index (κ2) is 4.27. The Balaban J connectivity index is 2.11. The number of halogens is 1. The van der Waals surface area contributed by atoms with Crippen molar-refractivity contribution in [1.29, 1.82) is 0 Å². The molecule has 0 amide bonds. The van der Waals surface area contributed by atoms with Crippen LogP contribution in [-0.2, 0) is 0 Å². The van der Waals surface area contributed by atoms with E-state index >= 15 is 0 Å². The first-order chi connectivity index (χ1) is 8.24. The predicted octanol–water partition coefficient (Wildman–Crippen LogP) is 3.04. The fourth-order valence-electron chi connectivity index (χ4n) is 1.59. The van der Waals surface area contributed by atoms with Crippen LogP contribution in [0.3, 0.4) is 0 Å². The van der Waals surface area contributed by atoms with Crippen LogP contribution in [0, 0.1) is 0 Å². The maximum Gasteiger partial charge on any atom is 0.212 e. The minimum Gasteiger partial charge on any atom is -0.187 e. The number of nitrogens with zero attached hydrogens (tertiary/aromatic N) is 4. The minimum absolute atomic E-state index is 0.791. The molecule has 3 rings (SSSR count). The van der Waals surface area contributed by atoms with Gasteiger partial charge in [-0.15, -0.1) is 10.2 Å². The van der Waals surface area contributed by atoms with Gasteiger partial charge in [-0.3, -0.25) is 0 Å². The van der Waals surface area contributed by atoms with Crippen molar-refractivity contribution in [3.05, 3.63) is 28.7 Å². The van der Waals surface area contributed by atoms with Gasteiger partial charge in [0.1, 0.15) is 0 Å². The summed E-state index contributed by atoms with van der Waals surface area (Å²) in [6, 6.07) is 7.99. The highest BCUT2D eigenvalue weighted by molar-refractivity contribution is 9.10. The second-order valence-electron chi connectivity index (χ2n) is 3.75. The van der Waals surface area contributed by atoms with Gasteiger partial charge in [0.25, 0.3) is 0 Å². The largest absolute Gasteiger partial charge is 0.212 e. The number of hydrogen-bond acceptors (Lipinski definition) is 4. The quantitative estimate of drug-likeness (QED) is 0.813. The Bertz CT molecular complexity index is 588. The Morgan fingerprint density at radius 2 is 2.00 bits per heavy atom. The van der Waals surface area contributed by atoms with E-state index in [-0.39, 0.29) is 0 Å². The van der Waals surface area contributed by atoms with E-state index in [2.05, 4.69) is 31.2 Å². The lowest BCUT2D eigenvalue weighted by Gasteiger charge is -2.10. The predicted molar refractivity (Wildman–Crippen MR) is 72.4 cm³/mol. The third-order valence-electron chi connectivity index (χ3n) is 2.40. The number of aromatic nitrogens is 3. The van der Waals surface area contributed by atoms with Crippen LogP contribution in [-0.4, -0.2) is 26.3 Å². The second-order valence-corrected chi connectivity index (χ2v) is 5.61. The smallest absolute Gasteiger partial charge is 0.187 e. The standard InChI is InChI=1S/C11H9BrN4S/c1-7-6-17-11-14-13-10(16(11)15-7)8-2-4-9(12)5-3-8/h2-5H,6H2,1H3. The molecule has 1 aliphatic rings. The first-order valence-electron chi connectivity index (χ1n) is 5.12. The average molecular weight is 309 g/mol. The normalized spacial score (nSPS) is 14.4. The van der Waals surface area contributed by atoms with Gasteiger partial charge in [-0.05, 0) is 19.1 Å². The molecular formula is C11H9BrN4S. The molecule has 86 valence electrons. The van der Waals surface area contributed by atoms with E-state index in [4.69, 9.17) is 0 Å². The molecule has 0 radical (unpaired) electrons. The Hall–Kier alpha value is -1.14. The van der Waals surface area contributed by atoms with Gasteiger partial charge < -0.3 is 0 Å². The lowest BCUT2D eigenvalue weighted by molar-refractivity contribution is 0.761. The summed E-state index contributed by atoms with van der Waals surface area (Å²) in [4.78, 5) is 0. The highest BCUT2D eigenvalue weighted by Crippen LogP contribution is 2.27. The summed E-state index contributed by atoms with van der Waals surface area (Å²) in [6.45, 7) is 2.02. The van der Waals surface area contributed by atoms with Gasteiger partial charge in [-0.2, -0.15) is 9.78 Å². The van der Waals surface area contributed by atoms with E-state index in [0.29, 0.717) is 0 Å². The maximum atomic E-state index is 4.48. The Morgan fingerprint density at radius 3 is 2.76 bits per heavy atom. The van der Waals surface area contributed by atoms with Crippen molar-refractivity contribution >= 4 is 33.4 Å². The number of thioether (sulfide) groups is 1. The molecule has 2 heterocycles. The van der Waals surface area contributed by atoms with Gasteiger partial charge in [0.15, 0.2) is 5.82 Å². The number of hydrogen-bond donors (Lipinski definition) is 0. The molecular weight excluding hydrogens is 300 g/mol. The van der Waals surface area contributed by atoms with Crippen LogP contribution in [0.15, 0.2) is 39.0 Å². The molecule has 4 nitrogen and oxygen atoms in total. The van der Waals surface area contributed by atoms with E-state index in [1.54, 1.807) is 11.8 Å². The molecule has 0 saturated carbocycles. The van der Waals surface area contributed by atoms with Crippen molar-refractivity contribution in [3.63, 3.8) is 0 Å². The molecule has 1 aromatic carbocycles. The van der Waals surface area contributed by atoms with Gasteiger partial charge >= 0.3 is 0 Å². The molecule has 0 aliphatic carbocycles. The Morgan fingerprint density at radius 1 is 1.24 bits per heavy atom. The van der Waals surface area contributed by atoms with Gasteiger partial charge in [0.2, 0.25) is 5.16 Å². The number of fused-ring (bicyclic) bond motifs is 1. The topological polar surface area (TPSA) is 43.1 Å². The SMILES string of the molecule is CC1=Nn2c(nnc2-c2ccc(Br)cc2)SC1. The molecule has 1 aromatic heterocycles. The molecule has 0 atom stereocenters. The van der Waals surface area contributed by atoms with Crippen LogP contribution < -0.4 is 0 Å². The first kappa shape index (κ1) is 11.0. The zero-order valence-electron chi connectivity index (χ0n) is 9.09. The third-order valence-corrected chi connectivity index (χ3v) is 4.00. The minimum atomic E-state index is 0.791. The summed E-state index contributed by atoms with van der Waals surface area (Å²) in [7, 11) is 0. The molecule has 0 N–H and O–H groups in total. The van der Waals surface area contributed by atoms with Crippen molar-refractivity contribution in [2.75, 3.05) is 5.75 Å². The van der Waals surface area contributed by atoms with E-state index < -0.39 is 0 Å².